The third kappa shape index (κ3) is 2.61. The van der Waals surface area contributed by atoms with Gasteiger partial charge in [-0.2, -0.15) is 4.98 Å². The van der Waals surface area contributed by atoms with Crippen LogP contribution in [-0.2, 0) is 11.2 Å². The van der Waals surface area contributed by atoms with E-state index in [9.17, 15) is 0 Å². The Morgan fingerprint density at radius 1 is 1.14 bits per heavy atom. The van der Waals surface area contributed by atoms with E-state index < -0.39 is 0 Å². The van der Waals surface area contributed by atoms with Crippen LogP contribution in [-0.4, -0.2) is 35.9 Å². The molecule has 2 heterocycles. The highest BCUT2D eigenvalue weighted by molar-refractivity contribution is 5.94. The van der Waals surface area contributed by atoms with Gasteiger partial charge in [-0.3, -0.25) is 0 Å². The predicted octanol–water partition coefficient (Wildman–Crippen LogP) is 2.42. The molecule has 1 aliphatic heterocycles. The summed E-state index contributed by atoms with van der Waals surface area (Å²) in [6.45, 7) is 2.46. The summed E-state index contributed by atoms with van der Waals surface area (Å²) in [6.07, 6.45) is 0.750. The summed E-state index contributed by atoms with van der Waals surface area (Å²) in [5, 5.41) is 9.75. The van der Waals surface area contributed by atoms with Gasteiger partial charge >= 0.3 is 0 Å². The van der Waals surface area contributed by atoms with Gasteiger partial charge in [-0.1, -0.05) is 47.6 Å². The fourth-order valence-electron chi connectivity index (χ4n) is 2.81. The third-order valence-corrected chi connectivity index (χ3v) is 3.91. The lowest BCUT2D eigenvalue weighted by molar-refractivity contribution is 0.0246. The average molecular weight is 295 g/mol. The summed E-state index contributed by atoms with van der Waals surface area (Å²) in [6, 6.07) is 14.3. The molecule has 22 heavy (non-hydrogen) atoms. The number of benzene rings is 2. The number of aromatic nitrogens is 2. The van der Waals surface area contributed by atoms with Crippen molar-refractivity contribution >= 4 is 10.8 Å². The van der Waals surface area contributed by atoms with Gasteiger partial charge in [-0.25, -0.2) is 0 Å². The van der Waals surface area contributed by atoms with E-state index in [0.717, 1.165) is 30.6 Å². The van der Waals surface area contributed by atoms with Gasteiger partial charge in [0.25, 0.3) is 0 Å². The minimum Gasteiger partial charge on any atom is -0.375 e. The van der Waals surface area contributed by atoms with Gasteiger partial charge < -0.3 is 14.6 Å². The van der Waals surface area contributed by atoms with Gasteiger partial charge in [0, 0.05) is 18.7 Å². The molecule has 1 atom stereocenters. The van der Waals surface area contributed by atoms with Crippen LogP contribution in [0.15, 0.2) is 47.0 Å². The molecule has 4 rings (SSSR count). The molecule has 1 fully saturated rings. The van der Waals surface area contributed by atoms with Crippen LogP contribution in [0.5, 0.6) is 0 Å². The number of nitrogens with zero attached hydrogens (tertiary/aromatic N) is 2. The summed E-state index contributed by atoms with van der Waals surface area (Å²) < 4.78 is 11.1. The Hall–Kier alpha value is -2.24. The van der Waals surface area contributed by atoms with E-state index in [1.54, 1.807) is 0 Å². The molecule has 0 radical (unpaired) electrons. The molecule has 1 N–H and O–H groups in total. The topological polar surface area (TPSA) is 60.2 Å². The van der Waals surface area contributed by atoms with Crippen molar-refractivity contribution in [2.24, 2.45) is 0 Å². The van der Waals surface area contributed by atoms with Gasteiger partial charge in [0.2, 0.25) is 11.7 Å². The molecule has 112 valence electrons. The van der Waals surface area contributed by atoms with Gasteiger partial charge in [0.05, 0.1) is 19.1 Å². The highest BCUT2D eigenvalue weighted by Crippen LogP contribution is 2.26. The Labute approximate surface area is 128 Å². The quantitative estimate of drug-likeness (QED) is 0.804. The van der Waals surface area contributed by atoms with Crippen LogP contribution in [0.1, 0.15) is 5.89 Å². The molecule has 5 heteroatoms. The van der Waals surface area contributed by atoms with Crippen molar-refractivity contribution in [3.63, 3.8) is 0 Å². The molecule has 0 bridgehead atoms. The predicted molar refractivity (Wildman–Crippen MR) is 83.6 cm³/mol. The zero-order valence-corrected chi connectivity index (χ0v) is 12.2. The van der Waals surface area contributed by atoms with Crippen LogP contribution < -0.4 is 5.32 Å². The molecule has 3 aromatic rings. The Kier molecular flexibility index (Phi) is 3.58. The maximum Gasteiger partial charge on any atom is 0.229 e. The van der Waals surface area contributed by atoms with E-state index >= 15 is 0 Å². The normalized spacial score (nSPS) is 18.6. The first-order valence-corrected chi connectivity index (χ1v) is 7.53. The second-order valence-electron chi connectivity index (χ2n) is 5.44. The number of fused-ring (bicyclic) bond motifs is 1. The van der Waals surface area contributed by atoms with Crippen LogP contribution in [0.4, 0.5) is 0 Å². The largest absolute Gasteiger partial charge is 0.375 e. The fourth-order valence-corrected chi connectivity index (χ4v) is 2.81. The second-order valence-corrected chi connectivity index (χ2v) is 5.44. The van der Waals surface area contributed by atoms with E-state index in [1.807, 2.05) is 24.3 Å². The van der Waals surface area contributed by atoms with Crippen LogP contribution in [0.25, 0.3) is 22.2 Å². The molecule has 1 aliphatic rings. The van der Waals surface area contributed by atoms with Gasteiger partial charge in [0.1, 0.15) is 0 Å². The van der Waals surface area contributed by atoms with Crippen LogP contribution in [0, 0.1) is 0 Å². The zero-order chi connectivity index (χ0) is 14.8. The highest BCUT2D eigenvalue weighted by Gasteiger charge is 2.18. The molecule has 0 aliphatic carbocycles. The van der Waals surface area contributed by atoms with Crippen LogP contribution >= 0.6 is 0 Å². The number of hydrogen-bond acceptors (Lipinski definition) is 5. The maximum absolute atomic E-state index is 5.68. The second kappa shape index (κ2) is 5.87. The minimum absolute atomic E-state index is 0.106. The molecule has 0 amide bonds. The van der Waals surface area contributed by atoms with Crippen molar-refractivity contribution in [3.05, 3.63) is 48.4 Å². The van der Waals surface area contributed by atoms with Gasteiger partial charge in [-0.15, -0.1) is 0 Å². The van der Waals surface area contributed by atoms with E-state index in [4.69, 9.17) is 9.26 Å². The molecule has 1 saturated heterocycles. The molecule has 1 unspecified atom stereocenters. The van der Waals surface area contributed by atoms with Crippen molar-refractivity contribution in [1.29, 1.82) is 0 Å². The monoisotopic (exact) mass is 295 g/mol. The first-order valence-electron chi connectivity index (χ1n) is 7.53. The number of nitrogens with one attached hydrogen (secondary N) is 1. The Morgan fingerprint density at radius 2 is 2.05 bits per heavy atom. The number of rotatable bonds is 3. The summed E-state index contributed by atoms with van der Waals surface area (Å²) in [4.78, 5) is 4.54. The standard InChI is InChI=1S/C17H17N3O2/c1-2-6-14-12(4-1)5-3-7-15(14)17-19-16(22-20-17)10-13-11-18-8-9-21-13/h1-7,13,18H,8-11H2. The molecular formula is C17H17N3O2. The molecular weight excluding hydrogens is 278 g/mol. The summed E-state index contributed by atoms with van der Waals surface area (Å²) in [5.74, 6) is 1.26. The first-order chi connectivity index (χ1) is 10.9. The third-order valence-electron chi connectivity index (χ3n) is 3.91. The Bertz CT molecular complexity index is 773. The number of hydrogen-bond donors (Lipinski definition) is 1. The van der Waals surface area contributed by atoms with Crippen molar-refractivity contribution in [2.75, 3.05) is 19.7 Å². The summed E-state index contributed by atoms with van der Waals surface area (Å²) >= 11 is 0. The maximum atomic E-state index is 5.68. The first kappa shape index (κ1) is 13.4. The van der Waals surface area contributed by atoms with E-state index in [0.29, 0.717) is 18.1 Å². The molecule has 0 saturated carbocycles. The minimum atomic E-state index is 0.106. The smallest absolute Gasteiger partial charge is 0.229 e. The zero-order valence-electron chi connectivity index (χ0n) is 12.2. The van der Waals surface area contributed by atoms with Crippen LogP contribution in [0.3, 0.4) is 0 Å². The van der Waals surface area contributed by atoms with Crippen molar-refractivity contribution < 1.29 is 9.26 Å². The summed E-state index contributed by atoms with van der Waals surface area (Å²) in [7, 11) is 0. The van der Waals surface area contributed by atoms with Gasteiger partial charge in [0.15, 0.2) is 0 Å². The Balaban J connectivity index is 1.62. The summed E-state index contributed by atoms with van der Waals surface area (Å²) in [5.41, 5.74) is 0.996. The average Bonchev–Trinajstić information content (AvgIpc) is 3.03. The lowest BCUT2D eigenvalue weighted by Crippen LogP contribution is -2.39. The Morgan fingerprint density at radius 3 is 2.95 bits per heavy atom. The van der Waals surface area contributed by atoms with Crippen molar-refractivity contribution in [1.82, 2.24) is 15.5 Å². The number of ether oxygens (including phenoxy) is 1. The van der Waals surface area contributed by atoms with E-state index in [-0.39, 0.29) is 6.10 Å². The molecule has 1 aromatic heterocycles. The van der Waals surface area contributed by atoms with E-state index in [2.05, 4.69) is 33.7 Å². The van der Waals surface area contributed by atoms with Crippen LogP contribution in [0.2, 0.25) is 0 Å². The highest BCUT2D eigenvalue weighted by atomic mass is 16.5. The lowest BCUT2D eigenvalue weighted by Gasteiger charge is -2.21. The lowest BCUT2D eigenvalue weighted by atomic mass is 10.0. The van der Waals surface area contributed by atoms with Gasteiger partial charge in [-0.05, 0) is 10.8 Å². The van der Waals surface area contributed by atoms with E-state index in [1.165, 1.54) is 5.39 Å². The van der Waals surface area contributed by atoms with Crippen molar-refractivity contribution in [2.45, 2.75) is 12.5 Å². The van der Waals surface area contributed by atoms with Crippen molar-refractivity contribution in [3.8, 4) is 11.4 Å². The molecule has 5 nitrogen and oxygen atoms in total. The SMILES string of the molecule is c1ccc2c(-c3noc(CC4CNCCO4)n3)cccc2c1. The fraction of sp³-hybridized carbons (Fsp3) is 0.294. The number of morpholine rings is 1. The molecule has 2 aromatic carbocycles. The molecule has 0 spiro atoms.